The van der Waals surface area contributed by atoms with E-state index in [9.17, 15) is 4.79 Å². The summed E-state index contributed by atoms with van der Waals surface area (Å²) < 4.78 is 0. The van der Waals surface area contributed by atoms with Crippen LogP contribution in [0.15, 0.2) is 23.1 Å². The molecular weight excluding hydrogens is 316 g/mol. The van der Waals surface area contributed by atoms with Crippen molar-refractivity contribution >= 4 is 29.3 Å². The Morgan fingerprint density at radius 2 is 2.23 bits per heavy atom. The first-order valence-electron chi connectivity index (χ1n) is 7.99. The van der Waals surface area contributed by atoms with Crippen LogP contribution in [0.4, 0.5) is 0 Å². The molecule has 1 aromatic rings. The van der Waals surface area contributed by atoms with Gasteiger partial charge in [-0.05, 0) is 49.9 Å². The number of carbonyl (C=O) groups is 1. The molecule has 2 aliphatic rings. The predicted molar refractivity (Wildman–Crippen MR) is 92.2 cm³/mol. The number of hydrogen-bond acceptors (Lipinski definition) is 3. The summed E-state index contributed by atoms with van der Waals surface area (Å²) in [6.07, 6.45) is 4.97. The average Bonchev–Trinajstić information content (AvgIpc) is 2.47. The van der Waals surface area contributed by atoms with Gasteiger partial charge in [-0.2, -0.15) is 0 Å². The minimum atomic E-state index is -0.386. The zero-order valence-electron chi connectivity index (χ0n) is 12.9. The van der Waals surface area contributed by atoms with Gasteiger partial charge < -0.3 is 11.1 Å². The van der Waals surface area contributed by atoms with Crippen LogP contribution in [0, 0.1) is 5.92 Å². The van der Waals surface area contributed by atoms with E-state index >= 15 is 0 Å². The van der Waals surface area contributed by atoms with Crippen molar-refractivity contribution in [2.45, 2.75) is 55.5 Å². The molecule has 1 fully saturated rings. The van der Waals surface area contributed by atoms with Gasteiger partial charge >= 0.3 is 0 Å². The number of hydrogen-bond donors (Lipinski definition) is 2. The van der Waals surface area contributed by atoms with Gasteiger partial charge in [0.25, 0.3) is 0 Å². The summed E-state index contributed by atoms with van der Waals surface area (Å²) >= 11 is 7.96. The molecule has 22 heavy (non-hydrogen) atoms. The van der Waals surface area contributed by atoms with E-state index in [1.54, 1.807) is 0 Å². The molecule has 1 heterocycles. The lowest BCUT2D eigenvalue weighted by Gasteiger charge is -2.38. The minimum absolute atomic E-state index is 0.0557. The van der Waals surface area contributed by atoms with E-state index in [0.717, 1.165) is 48.4 Å². The van der Waals surface area contributed by atoms with Crippen LogP contribution in [0.25, 0.3) is 0 Å². The van der Waals surface area contributed by atoms with Gasteiger partial charge in [0, 0.05) is 21.2 Å². The molecule has 0 aromatic heterocycles. The van der Waals surface area contributed by atoms with E-state index in [2.05, 4.69) is 5.32 Å². The second-order valence-corrected chi connectivity index (χ2v) is 8.26. The van der Waals surface area contributed by atoms with Crippen molar-refractivity contribution < 1.29 is 4.79 Å². The second kappa shape index (κ2) is 6.42. The third-order valence-electron chi connectivity index (χ3n) is 4.90. The average molecular weight is 339 g/mol. The van der Waals surface area contributed by atoms with Gasteiger partial charge in [0.2, 0.25) is 5.91 Å². The minimum Gasteiger partial charge on any atom is -0.349 e. The molecule has 3 rings (SSSR count). The first-order valence-corrected chi connectivity index (χ1v) is 9.35. The zero-order valence-corrected chi connectivity index (χ0v) is 14.5. The summed E-state index contributed by atoms with van der Waals surface area (Å²) in [4.78, 5) is 14.0. The lowest BCUT2D eigenvalue weighted by molar-refractivity contribution is -0.129. The molecule has 1 aliphatic heterocycles. The van der Waals surface area contributed by atoms with Gasteiger partial charge in [-0.3, -0.25) is 4.79 Å². The van der Waals surface area contributed by atoms with E-state index < -0.39 is 0 Å². The summed E-state index contributed by atoms with van der Waals surface area (Å²) in [5, 5.41) is 3.96. The van der Waals surface area contributed by atoms with Crippen LogP contribution < -0.4 is 11.1 Å². The van der Waals surface area contributed by atoms with Crippen molar-refractivity contribution in [1.29, 1.82) is 0 Å². The highest BCUT2D eigenvalue weighted by Crippen LogP contribution is 2.38. The van der Waals surface area contributed by atoms with E-state index in [4.69, 9.17) is 17.3 Å². The Kier molecular flexibility index (Phi) is 4.72. The fourth-order valence-electron chi connectivity index (χ4n) is 3.58. The number of fused-ring (bicyclic) bond motifs is 1. The topological polar surface area (TPSA) is 55.1 Å². The molecule has 1 saturated carbocycles. The summed E-state index contributed by atoms with van der Waals surface area (Å²) in [6.45, 7) is 2.01. The lowest BCUT2D eigenvalue weighted by Crippen LogP contribution is -2.53. The summed E-state index contributed by atoms with van der Waals surface area (Å²) in [7, 11) is 0. The van der Waals surface area contributed by atoms with Crippen molar-refractivity contribution in [2.75, 3.05) is 5.75 Å². The van der Waals surface area contributed by atoms with Crippen molar-refractivity contribution in [3.63, 3.8) is 0 Å². The van der Waals surface area contributed by atoms with Gasteiger partial charge in [0.05, 0.1) is 12.0 Å². The molecule has 120 valence electrons. The monoisotopic (exact) mass is 338 g/mol. The van der Waals surface area contributed by atoms with Crippen molar-refractivity contribution in [3.05, 3.63) is 28.8 Å². The number of halogens is 1. The number of benzene rings is 1. The fraction of sp³-hybridized carbons (Fsp3) is 0.588. The summed E-state index contributed by atoms with van der Waals surface area (Å²) in [5.74, 6) is 1.04. The third-order valence-corrected chi connectivity index (χ3v) is 6.26. The van der Waals surface area contributed by atoms with E-state index in [-0.39, 0.29) is 23.4 Å². The molecule has 0 radical (unpaired) electrons. The fourth-order valence-corrected chi connectivity index (χ4v) is 4.86. The third kappa shape index (κ3) is 3.29. The Balaban J connectivity index is 1.77. The van der Waals surface area contributed by atoms with Gasteiger partial charge in [0.1, 0.15) is 0 Å². The van der Waals surface area contributed by atoms with Crippen LogP contribution >= 0.6 is 23.4 Å². The number of thioether (sulfide) groups is 1. The van der Waals surface area contributed by atoms with Crippen LogP contribution in [0.1, 0.15) is 50.6 Å². The van der Waals surface area contributed by atoms with Gasteiger partial charge in [0.15, 0.2) is 0 Å². The molecule has 3 unspecified atom stereocenters. The number of carbonyl (C=O) groups excluding carboxylic acids is 1. The van der Waals surface area contributed by atoms with E-state index in [1.807, 2.05) is 36.9 Å². The Labute approximate surface area is 141 Å². The molecule has 3 atom stereocenters. The van der Waals surface area contributed by atoms with Crippen LogP contribution in [-0.4, -0.2) is 17.2 Å². The molecular formula is C17H23ClN2OS. The molecule has 0 bridgehead atoms. The number of amides is 1. The van der Waals surface area contributed by atoms with Gasteiger partial charge in [-0.15, -0.1) is 11.8 Å². The highest BCUT2D eigenvalue weighted by Gasteiger charge is 2.38. The number of nitrogens with two attached hydrogens (primary N) is 1. The Morgan fingerprint density at radius 1 is 1.41 bits per heavy atom. The largest absolute Gasteiger partial charge is 0.349 e. The van der Waals surface area contributed by atoms with Crippen LogP contribution in [0.2, 0.25) is 5.02 Å². The highest BCUT2D eigenvalue weighted by atomic mass is 35.5. The standard InChI is InChI=1S/C17H23ClN2OS/c1-17(19)8-3-2-4-13(17)16(21)20-14-7-9-22-15-6-5-11(18)10-12(14)15/h5-6,10,13-14H,2-4,7-9,19H2,1H3,(H,20,21). The first kappa shape index (κ1) is 16.2. The first-order chi connectivity index (χ1) is 10.5. The molecule has 0 spiro atoms. The maximum atomic E-state index is 12.7. The molecule has 1 aliphatic carbocycles. The molecule has 1 aromatic carbocycles. The highest BCUT2D eigenvalue weighted by molar-refractivity contribution is 7.99. The van der Waals surface area contributed by atoms with Gasteiger partial charge in [-0.25, -0.2) is 0 Å². The van der Waals surface area contributed by atoms with Crippen molar-refractivity contribution in [2.24, 2.45) is 11.7 Å². The smallest absolute Gasteiger partial charge is 0.225 e. The van der Waals surface area contributed by atoms with E-state index in [1.165, 1.54) is 4.90 Å². The maximum Gasteiger partial charge on any atom is 0.225 e. The van der Waals surface area contributed by atoms with Crippen LogP contribution in [0.5, 0.6) is 0 Å². The van der Waals surface area contributed by atoms with Crippen molar-refractivity contribution in [1.82, 2.24) is 5.32 Å². The predicted octanol–water partition coefficient (Wildman–Crippen LogP) is 3.90. The molecule has 0 saturated heterocycles. The Hall–Kier alpha value is -0.710. The Bertz CT molecular complexity index is 576. The second-order valence-electron chi connectivity index (χ2n) is 6.68. The maximum absolute atomic E-state index is 12.7. The SMILES string of the molecule is CC1(N)CCCCC1C(=O)NC1CCSc2ccc(Cl)cc21. The Morgan fingerprint density at radius 3 is 3.00 bits per heavy atom. The molecule has 3 N–H and O–H groups in total. The van der Waals surface area contributed by atoms with Gasteiger partial charge in [-0.1, -0.05) is 24.4 Å². The molecule has 5 heteroatoms. The quantitative estimate of drug-likeness (QED) is 0.859. The normalized spacial score (nSPS) is 31.4. The van der Waals surface area contributed by atoms with Crippen LogP contribution in [-0.2, 0) is 4.79 Å². The van der Waals surface area contributed by atoms with E-state index in [0.29, 0.717) is 0 Å². The summed E-state index contributed by atoms with van der Waals surface area (Å²) in [5.41, 5.74) is 7.12. The van der Waals surface area contributed by atoms with Crippen molar-refractivity contribution in [3.8, 4) is 0 Å². The van der Waals surface area contributed by atoms with Crippen LogP contribution in [0.3, 0.4) is 0 Å². The molecule has 3 nitrogen and oxygen atoms in total. The molecule has 1 amide bonds. The zero-order chi connectivity index (χ0) is 15.7. The number of nitrogens with one attached hydrogen (secondary N) is 1. The number of rotatable bonds is 2. The summed E-state index contributed by atoms with van der Waals surface area (Å²) in [6, 6.07) is 6.00. The lowest BCUT2D eigenvalue weighted by atomic mass is 9.74.